The van der Waals surface area contributed by atoms with Gasteiger partial charge in [-0.15, -0.1) is 17.9 Å². The summed E-state index contributed by atoms with van der Waals surface area (Å²) < 4.78 is 0. The first-order chi connectivity index (χ1) is 13.7. The molecule has 5 heteroatoms. The number of nitrogens with zero attached hydrogens (tertiary/aromatic N) is 2. The van der Waals surface area contributed by atoms with Gasteiger partial charge in [-0.2, -0.15) is 0 Å². The summed E-state index contributed by atoms with van der Waals surface area (Å²) in [6, 6.07) is 14.4. The van der Waals surface area contributed by atoms with Crippen LogP contribution in [0.4, 0.5) is 0 Å². The Morgan fingerprint density at radius 1 is 1.04 bits per heavy atom. The number of carbonyl (C=O) groups excluding carboxylic acids is 2. The third kappa shape index (κ3) is 3.54. The molecule has 4 nitrogen and oxygen atoms in total. The van der Waals surface area contributed by atoms with Crippen LogP contribution < -0.4 is 0 Å². The minimum absolute atomic E-state index is 0.185. The standard InChI is InChI=1S/C23H24N2O2S/c1-2-12-25-22(26)20(19-9-6-15-28-19)21(23(25)27)24-13-10-18(11-14-24)16-17-7-4-3-5-8-17/h2-9,15,18H,1,10-14,16H2. The number of hydrogen-bond acceptors (Lipinski definition) is 4. The van der Waals surface area contributed by atoms with Crippen LogP contribution in [0.15, 0.2) is 66.2 Å². The van der Waals surface area contributed by atoms with E-state index in [-0.39, 0.29) is 18.4 Å². The molecule has 144 valence electrons. The zero-order chi connectivity index (χ0) is 19.5. The van der Waals surface area contributed by atoms with Gasteiger partial charge in [0, 0.05) is 24.5 Å². The molecule has 1 saturated heterocycles. The molecule has 0 aliphatic carbocycles. The van der Waals surface area contributed by atoms with Crippen molar-refractivity contribution in [1.29, 1.82) is 0 Å². The lowest BCUT2D eigenvalue weighted by atomic mass is 9.90. The lowest BCUT2D eigenvalue weighted by Crippen LogP contribution is -2.39. The Morgan fingerprint density at radius 2 is 1.79 bits per heavy atom. The lowest BCUT2D eigenvalue weighted by Gasteiger charge is -2.34. The molecule has 0 spiro atoms. The van der Waals surface area contributed by atoms with E-state index in [2.05, 4.69) is 35.7 Å². The molecule has 2 aliphatic rings. The van der Waals surface area contributed by atoms with E-state index >= 15 is 0 Å². The summed E-state index contributed by atoms with van der Waals surface area (Å²) in [5, 5.41) is 1.94. The molecule has 1 aromatic carbocycles. The maximum atomic E-state index is 13.0. The van der Waals surface area contributed by atoms with Gasteiger partial charge >= 0.3 is 0 Å². The molecule has 0 N–H and O–H groups in total. The topological polar surface area (TPSA) is 40.6 Å². The monoisotopic (exact) mass is 392 g/mol. The van der Waals surface area contributed by atoms with Gasteiger partial charge in [-0.1, -0.05) is 42.5 Å². The van der Waals surface area contributed by atoms with Gasteiger partial charge in [0.2, 0.25) is 0 Å². The fraction of sp³-hybridized carbons (Fsp3) is 0.304. The maximum Gasteiger partial charge on any atom is 0.278 e. The highest BCUT2D eigenvalue weighted by atomic mass is 32.1. The van der Waals surface area contributed by atoms with Crippen LogP contribution in [0.5, 0.6) is 0 Å². The van der Waals surface area contributed by atoms with Crippen molar-refractivity contribution >= 4 is 28.7 Å². The zero-order valence-electron chi connectivity index (χ0n) is 15.8. The summed E-state index contributed by atoms with van der Waals surface area (Å²) in [6.45, 7) is 5.56. The molecule has 0 radical (unpaired) electrons. The Bertz CT molecular complexity index is 894. The Labute approximate surface area is 169 Å². The third-order valence-corrected chi connectivity index (χ3v) is 6.41. The Hall–Kier alpha value is -2.66. The van der Waals surface area contributed by atoms with Crippen LogP contribution in [-0.4, -0.2) is 41.2 Å². The molecule has 0 atom stereocenters. The summed E-state index contributed by atoms with van der Waals surface area (Å²) in [7, 11) is 0. The first-order valence-electron chi connectivity index (χ1n) is 9.73. The normalized spacial score (nSPS) is 18.3. The number of imide groups is 1. The Balaban J connectivity index is 1.54. The van der Waals surface area contributed by atoms with Gasteiger partial charge in [-0.25, -0.2) is 0 Å². The van der Waals surface area contributed by atoms with Gasteiger partial charge in [-0.05, 0) is 42.2 Å². The molecule has 1 aromatic heterocycles. The number of carbonyl (C=O) groups is 2. The second kappa shape index (κ2) is 8.15. The molecular weight excluding hydrogens is 368 g/mol. The van der Waals surface area contributed by atoms with E-state index in [0.29, 0.717) is 17.2 Å². The minimum atomic E-state index is -0.200. The van der Waals surface area contributed by atoms with Crippen molar-refractivity contribution in [3.05, 3.63) is 76.6 Å². The van der Waals surface area contributed by atoms with Crippen molar-refractivity contribution in [2.45, 2.75) is 19.3 Å². The SMILES string of the molecule is C=CCN1C(=O)C(c2cccs2)=C(N2CCC(Cc3ccccc3)CC2)C1=O. The fourth-order valence-electron chi connectivity index (χ4n) is 4.10. The van der Waals surface area contributed by atoms with E-state index in [9.17, 15) is 9.59 Å². The first-order valence-corrected chi connectivity index (χ1v) is 10.6. The second-order valence-corrected chi connectivity index (χ2v) is 8.28. The van der Waals surface area contributed by atoms with Crippen LogP contribution in [0.25, 0.3) is 5.57 Å². The molecule has 0 unspecified atom stereocenters. The van der Waals surface area contributed by atoms with Gasteiger partial charge in [0.15, 0.2) is 0 Å². The van der Waals surface area contributed by atoms with Gasteiger partial charge in [-0.3, -0.25) is 14.5 Å². The van der Waals surface area contributed by atoms with Crippen molar-refractivity contribution in [2.75, 3.05) is 19.6 Å². The molecule has 2 amide bonds. The highest BCUT2D eigenvalue weighted by molar-refractivity contribution is 7.11. The van der Waals surface area contributed by atoms with Gasteiger partial charge in [0.1, 0.15) is 5.70 Å². The van der Waals surface area contributed by atoms with E-state index < -0.39 is 0 Å². The van der Waals surface area contributed by atoms with Crippen molar-refractivity contribution in [3.63, 3.8) is 0 Å². The number of hydrogen-bond donors (Lipinski definition) is 0. The first kappa shape index (κ1) is 18.7. The molecule has 3 heterocycles. The molecule has 0 saturated carbocycles. The van der Waals surface area contributed by atoms with Crippen LogP contribution >= 0.6 is 11.3 Å². The summed E-state index contributed by atoms with van der Waals surface area (Å²) in [4.78, 5) is 30.3. The molecular formula is C23H24N2O2S. The van der Waals surface area contributed by atoms with Gasteiger partial charge < -0.3 is 4.90 Å². The van der Waals surface area contributed by atoms with Crippen molar-refractivity contribution in [2.24, 2.45) is 5.92 Å². The van der Waals surface area contributed by atoms with Crippen LogP contribution in [0.2, 0.25) is 0 Å². The van der Waals surface area contributed by atoms with Gasteiger partial charge in [0.05, 0.1) is 5.57 Å². The molecule has 2 aliphatic heterocycles. The highest BCUT2D eigenvalue weighted by Crippen LogP contribution is 2.36. The highest BCUT2D eigenvalue weighted by Gasteiger charge is 2.42. The van der Waals surface area contributed by atoms with E-state index in [0.717, 1.165) is 37.2 Å². The predicted molar refractivity (Wildman–Crippen MR) is 113 cm³/mol. The van der Waals surface area contributed by atoms with E-state index in [1.54, 1.807) is 6.08 Å². The Kier molecular flexibility index (Phi) is 5.44. The average Bonchev–Trinajstić information content (AvgIpc) is 3.32. The van der Waals surface area contributed by atoms with Crippen molar-refractivity contribution in [1.82, 2.24) is 9.80 Å². The van der Waals surface area contributed by atoms with Crippen molar-refractivity contribution < 1.29 is 9.59 Å². The summed E-state index contributed by atoms with van der Waals surface area (Å²) >= 11 is 1.51. The smallest absolute Gasteiger partial charge is 0.278 e. The van der Waals surface area contributed by atoms with E-state index in [1.807, 2.05) is 23.6 Å². The number of amides is 2. The number of likely N-dealkylation sites (tertiary alicyclic amines) is 1. The third-order valence-electron chi connectivity index (χ3n) is 5.52. The number of benzene rings is 1. The van der Waals surface area contributed by atoms with Crippen LogP contribution in [0, 0.1) is 5.92 Å². The fourth-order valence-corrected chi connectivity index (χ4v) is 4.87. The Morgan fingerprint density at radius 3 is 2.43 bits per heavy atom. The summed E-state index contributed by atoms with van der Waals surface area (Å²) in [5.41, 5.74) is 2.50. The second-order valence-electron chi connectivity index (χ2n) is 7.33. The minimum Gasteiger partial charge on any atom is -0.366 e. The van der Waals surface area contributed by atoms with Crippen LogP contribution in [0.1, 0.15) is 23.3 Å². The van der Waals surface area contributed by atoms with Gasteiger partial charge in [0.25, 0.3) is 11.8 Å². The van der Waals surface area contributed by atoms with Crippen LogP contribution in [0.3, 0.4) is 0 Å². The van der Waals surface area contributed by atoms with Crippen molar-refractivity contribution in [3.8, 4) is 0 Å². The molecule has 0 bridgehead atoms. The lowest BCUT2D eigenvalue weighted by molar-refractivity contribution is -0.137. The summed E-state index contributed by atoms with van der Waals surface area (Å²) in [6.07, 6.45) is 4.73. The van der Waals surface area contributed by atoms with E-state index in [1.165, 1.54) is 21.8 Å². The maximum absolute atomic E-state index is 13.0. The number of piperidine rings is 1. The number of thiophene rings is 1. The predicted octanol–water partition coefficient (Wildman–Crippen LogP) is 3.97. The molecule has 2 aromatic rings. The average molecular weight is 393 g/mol. The quantitative estimate of drug-likeness (QED) is 0.552. The van der Waals surface area contributed by atoms with Crippen LogP contribution in [-0.2, 0) is 16.0 Å². The largest absolute Gasteiger partial charge is 0.366 e. The molecule has 4 rings (SSSR count). The molecule has 28 heavy (non-hydrogen) atoms. The van der Waals surface area contributed by atoms with E-state index in [4.69, 9.17) is 0 Å². The zero-order valence-corrected chi connectivity index (χ0v) is 16.7. The number of rotatable bonds is 6. The molecule has 1 fully saturated rings. The summed E-state index contributed by atoms with van der Waals surface area (Å²) in [5.74, 6) is 0.226.